The van der Waals surface area contributed by atoms with Crippen LogP contribution in [0.2, 0.25) is 0 Å². The highest BCUT2D eigenvalue weighted by molar-refractivity contribution is 7.10. The highest BCUT2D eigenvalue weighted by Crippen LogP contribution is 2.41. The molecule has 0 radical (unpaired) electrons. The maximum atomic E-state index is 13.5. The first kappa shape index (κ1) is 23.4. The van der Waals surface area contributed by atoms with Gasteiger partial charge >= 0.3 is 0 Å². The molecular formula is C28H30N2O4S. The lowest BCUT2D eigenvalue weighted by Gasteiger charge is -2.38. The maximum absolute atomic E-state index is 13.5. The van der Waals surface area contributed by atoms with Gasteiger partial charge in [-0.05, 0) is 58.7 Å². The molecule has 0 saturated carbocycles. The average Bonchev–Trinajstić information content (AvgIpc) is 3.38. The van der Waals surface area contributed by atoms with Crippen molar-refractivity contribution < 1.29 is 19.1 Å². The molecule has 7 heteroatoms. The number of ether oxygens (including phenoxy) is 2. The molecule has 5 rings (SSSR count). The van der Waals surface area contributed by atoms with Crippen molar-refractivity contribution in [3.05, 3.63) is 81.0 Å². The zero-order valence-electron chi connectivity index (χ0n) is 20.2. The van der Waals surface area contributed by atoms with Gasteiger partial charge in [0.25, 0.3) is 0 Å². The van der Waals surface area contributed by atoms with Crippen molar-refractivity contribution in [3.63, 3.8) is 0 Å². The Hall–Kier alpha value is -3.32. The quantitative estimate of drug-likeness (QED) is 0.507. The summed E-state index contributed by atoms with van der Waals surface area (Å²) < 4.78 is 11.1. The van der Waals surface area contributed by atoms with Gasteiger partial charge in [-0.2, -0.15) is 0 Å². The van der Waals surface area contributed by atoms with E-state index in [4.69, 9.17) is 9.47 Å². The second-order valence-corrected chi connectivity index (χ2v) is 9.99. The molecule has 35 heavy (non-hydrogen) atoms. The summed E-state index contributed by atoms with van der Waals surface area (Å²) in [6.45, 7) is 1.97. The second kappa shape index (κ2) is 10.1. The fourth-order valence-corrected chi connectivity index (χ4v) is 6.08. The predicted octanol–water partition coefficient (Wildman–Crippen LogP) is 4.60. The third-order valence-corrected chi connectivity index (χ3v) is 8.05. The first-order valence-electron chi connectivity index (χ1n) is 12.0. The van der Waals surface area contributed by atoms with Crippen LogP contribution in [0.5, 0.6) is 11.5 Å². The van der Waals surface area contributed by atoms with Gasteiger partial charge in [0.1, 0.15) is 0 Å². The smallest absolute Gasteiger partial charge is 0.223 e. The molecule has 1 unspecified atom stereocenters. The predicted molar refractivity (Wildman–Crippen MR) is 136 cm³/mol. The van der Waals surface area contributed by atoms with Gasteiger partial charge in [-0.15, -0.1) is 11.3 Å². The van der Waals surface area contributed by atoms with Crippen LogP contribution in [0.25, 0.3) is 0 Å². The Bertz CT molecular complexity index is 1220. The van der Waals surface area contributed by atoms with Crippen molar-refractivity contribution in [2.24, 2.45) is 0 Å². The van der Waals surface area contributed by atoms with Crippen LogP contribution >= 0.6 is 11.3 Å². The second-order valence-electron chi connectivity index (χ2n) is 8.99. The number of benzene rings is 2. The Morgan fingerprint density at radius 2 is 1.66 bits per heavy atom. The van der Waals surface area contributed by atoms with E-state index >= 15 is 0 Å². The SMILES string of the molecule is COc1cc2c(cc1OC)C(c1ccccc1)N(C(=O)CCC(=O)N1CCc3sccc3C1)CC2. The lowest BCUT2D eigenvalue weighted by molar-refractivity contribution is -0.138. The molecule has 2 amide bonds. The van der Waals surface area contributed by atoms with Gasteiger partial charge in [-0.3, -0.25) is 9.59 Å². The zero-order chi connectivity index (χ0) is 24.4. The van der Waals surface area contributed by atoms with Crippen LogP contribution in [0.15, 0.2) is 53.9 Å². The lowest BCUT2D eigenvalue weighted by atomic mass is 9.87. The Morgan fingerprint density at radius 3 is 2.43 bits per heavy atom. The highest BCUT2D eigenvalue weighted by Gasteiger charge is 2.33. The van der Waals surface area contributed by atoms with Crippen molar-refractivity contribution in [1.29, 1.82) is 0 Å². The molecule has 0 spiro atoms. The van der Waals surface area contributed by atoms with Crippen molar-refractivity contribution in [2.75, 3.05) is 27.3 Å². The van der Waals surface area contributed by atoms with E-state index in [0.29, 0.717) is 24.6 Å². The van der Waals surface area contributed by atoms with Crippen LogP contribution in [0.3, 0.4) is 0 Å². The fourth-order valence-electron chi connectivity index (χ4n) is 5.19. The van der Waals surface area contributed by atoms with Crippen LogP contribution < -0.4 is 9.47 Å². The van der Waals surface area contributed by atoms with Crippen LogP contribution in [0.4, 0.5) is 0 Å². The van der Waals surface area contributed by atoms with Gasteiger partial charge in [0.05, 0.1) is 20.3 Å². The standard InChI is InChI=1S/C28H30N2O4S/c1-33-23-16-20-10-14-30(28(19-6-4-3-5-7-19)22(20)17-24(23)34-2)27(32)9-8-26(31)29-13-11-25-21(18-29)12-15-35-25/h3-7,12,15-17,28H,8-11,13-14,18H2,1-2H3. The van der Waals surface area contributed by atoms with Gasteiger partial charge in [-0.1, -0.05) is 30.3 Å². The summed E-state index contributed by atoms with van der Waals surface area (Å²) in [5.41, 5.74) is 4.47. The maximum Gasteiger partial charge on any atom is 0.223 e. The summed E-state index contributed by atoms with van der Waals surface area (Å²) in [6, 6.07) is 15.9. The van der Waals surface area contributed by atoms with Crippen LogP contribution in [-0.4, -0.2) is 48.9 Å². The average molecular weight is 491 g/mol. The number of hydrogen-bond donors (Lipinski definition) is 0. The molecule has 6 nitrogen and oxygen atoms in total. The summed E-state index contributed by atoms with van der Waals surface area (Å²) in [5, 5.41) is 2.09. The molecule has 2 aliphatic rings. The Labute approximate surface area is 210 Å². The number of fused-ring (bicyclic) bond motifs is 2. The van der Waals surface area contributed by atoms with Gasteiger partial charge in [-0.25, -0.2) is 0 Å². The number of methoxy groups -OCH3 is 2. The normalized spacial score (nSPS) is 16.9. The van der Waals surface area contributed by atoms with E-state index in [2.05, 4.69) is 11.4 Å². The molecule has 1 atom stereocenters. The number of carbonyl (C=O) groups excluding carboxylic acids is 2. The van der Waals surface area contributed by atoms with E-state index in [0.717, 1.165) is 36.1 Å². The molecule has 0 N–H and O–H groups in total. The molecular weight excluding hydrogens is 460 g/mol. The van der Waals surface area contributed by atoms with Crippen molar-refractivity contribution in [2.45, 2.75) is 38.3 Å². The summed E-state index contributed by atoms with van der Waals surface area (Å²) in [6.07, 6.45) is 2.07. The molecule has 0 bridgehead atoms. The van der Waals surface area contributed by atoms with Crippen molar-refractivity contribution in [3.8, 4) is 11.5 Å². The Balaban J connectivity index is 1.35. The minimum Gasteiger partial charge on any atom is -0.493 e. The van der Waals surface area contributed by atoms with Crippen LogP contribution in [0, 0.1) is 0 Å². The Kier molecular flexibility index (Phi) is 6.77. The topological polar surface area (TPSA) is 59.1 Å². The number of nitrogens with zero attached hydrogens (tertiary/aromatic N) is 2. The van der Waals surface area contributed by atoms with E-state index in [1.165, 1.54) is 10.4 Å². The van der Waals surface area contributed by atoms with Crippen LogP contribution in [0.1, 0.15) is 46.0 Å². The minimum atomic E-state index is -0.231. The van der Waals surface area contributed by atoms with E-state index in [9.17, 15) is 9.59 Å². The first-order chi connectivity index (χ1) is 17.1. The number of carbonyl (C=O) groups is 2. The largest absolute Gasteiger partial charge is 0.493 e. The van der Waals surface area contributed by atoms with Gasteiger partial charge in [0.2, 0.25) is 11.8 Å². The summed E-state index contributed by atoms with van der Waals surface area (Å²) in [7, 11) is 3.26. The van der Waals surface area contributed by atoms with E-state index < -0.39 is 0 Å². The number of thiophene rings is 1. The Morgan fingerprint density at radius 1 is 0.914 bits per heavy atom. The monoisotopic (exact) mass is 490 g/mol. The number of rotatable bonds is 6. The van der Waals surface area contributed by atoms with E-state index in [1.807, 2.05) is 52.3 Å². The van der Waals surface area contributed by atoms with E-state index in [1.54, 1.807) is 25.6 Å². The zero-order valence-corrected chi connectivity index (χ0v) is 21.0. The van der Waals surface area contributed by atoms with Crippen LogP contribution in [-0.2, 0) is 29.0 Å². The highest BCUT2D eigenvalue weighted by atomic mass is 32.1. The van der Waals surface area contributed by atoms with E-state index in [-0.39, 0.29) is 30.7 Å². The lowest BCUT2D eigenvalue weighted by Crippen LogP contribution is -2.41. The molecule has 182 valence electrons. The molecule has 0 aliphatic carbocycles. The number of hydrogen-bond acceptors (Lipinski definition) is 5. The van der Waals surface area contributed by atoms with Gasteiger partial charge < -0.3 is 19.3 Å². The molecule has 3 heterocycles. The first-order valence-corrected chi connectivity index (χ1v) is 12.9. The molecule has 0 saturated heterocycles. The van der Waals surface area contributed by atoms with Gasteiger partial charge in [0.15, 0.2) is 11.5 Å². The summed E-state index contributed by atoms with van der Waals surface area (Å²) in [5.74, 6) is 1.39. The van der Waals surface area contributed by atoms with Gasteiger partial charge in [0, 0.05) is 37.4 Å². The molecule has 0 fully saturated rings. The third-order valence-electron chi connectivity index (χ3n) is 7.02. The molecule has 3 aromatic rings. The molecule has 2 aliphatic heterocycles. The van der Waals surface area contributed by atoms with Crippen molar-refractivity contribution in [1.82, 2.24) is 9.80 Å². The molecule has 2 aromatic carbocycles. The summed E-state index contributed by atoms with van der Waals surface area (Å²) >= 11 is 1.76. The van der Waals surface area contributed by atoms with Crippen molar-refractivity contribution >= 4 is 23.2 Å². The fraction of sp³-hybridized carbons (Fsp3) is 0.357. The third kappa shape index (κ3) is 4.65. The minimum absolute atomic E-state index is 0.000805. The number of amides is 2. The molecule has 1 aromatic heterocycles. The summed E-state index contributed by atoms with van der Waals surface area (Å²) in [4.78, 5) is 31.6.